The maximum atomic E-state index is 12.4. The molecule has 2 saturated heterocycles. The van der Waals surface area contributed by atoms with Gasteiger partial charge in [-0.15, -0.1) is 0 Å². The van der Waals surface area contributed by atoms with E-state index in [-0.39, 0.29) is 29.8 Å². The number of carbonyl (C=O) groups is 2. The van der Waals surface area contributed by atoms with E-state index in [0.29, 0.717) is 18.8 Å². The highest BCUT2D eigenvalue weighted by atomic mass is 16.6. The van der Waals surface area contributed by atoms with Gasteiger partial charge < -0.3 is 14.6 Å². The van der Waals surface area contributed by atoms with Crippen molar-refractivity contribution in [2.45, 2.75) is 31.8 Å². The van der Waals surface area contributed by atoms with Gasteiger partial charge in [0.15, 0.2) is 11.8 Å². The van der Waals surface area contributed by atoms with Gasteiger partial charge in [-0.2, -0.15) is 0 Å². The Kier molecular flexibility index (Phi) is 2.72. The molecule has 2 amide bonds. The van der Waals surface area contributed by atoms with Crippen molar-refractivity contribution in [3.05, 3.63) is 0 Å². The molecule has 0 bridgehead atoms. The molecule has 6 nitrogen and oxygen atoms in total. The van der Waals surface area contributed by atoms with E-state index in [1.165, 1.54) is 0 Å². The standard InChI is InChI=1S/C14H19N3O3/c18-13(9-3-4-9)17-7-10-11(8-17)20-15-12(10)14(19)16-5-1-2-6-16/h9-11H,1-8H2. The lowest BCUT2D eigenvalue weighted by Crippen LogP contribution is -2.39. The predicted octanol–water partition coefficient (Wildman–Crippen LogP) is 0.232. The third-order valence-electron chi connectivity index (χ3n) is 4.75. The van der Waals surface area contributed by atoms with Crippen LogP contribution in [0.25, 0.3) is 0 Å². The molecular formula is C14H19N3O3. The molecule has 3 heterocycles. The molecule has 2 atom stereocenters. The van der Waals surface area contributed by atoms with Gasteiger partial charge in [-0.1, -0.05) is 5.16 Å². The van der Waals surface area contributed by atoms with Gasteiger partial charge in [0.25, 0.3) is 5.91 Å². The van der Waals surface area contributed by atoms with Gasteiger partial charge >= 0.3 is 0 Å². The van der Waals surface area contributed by atoms with Crippen LogP contribution in [0, 0.1) is 11.8 Å². The molecule has 1 aliphatic carbocycles. The van der Waals surface area contributed by atoms with Gasteiger partial charge in [0.05, 0.1) is 12.5 Å². The van der Waals surface area contributed by atoms with Crippen LogP contribution in [0.1, 0.15) is 25.7 Å². The molecule has 2 unspecified atom stereocenters. The molecule has 6 heteroatoms. The summed E-state index contributed by atoms with van der Waals surface area (Å²) in [6.45, 7) is 2.82. The normalized spacial score (nSPS) is 32.1. The number of hydrogen-bond donors (Lipinski definition) is 0. The third-order valence-corrected chi connectivity index (χ3v) is 4.75. The van der Waals surface area contributed by atoms with E-state index in [4.69, 9.17) is 4.84 Å². The fraction of sp³-hybridized carbons (Fsp3) is 0.786. The number of amides is 2. The first-order valence-electron chi connectivity index (χ1n) is 7.56. The highest BCUT2D eigenvalue weighted by Crippen LogP contribution is 2.35. The van der Waals surface area contributed by atoms with Crippen LogP contribution in [0.4, 0.5) is 0 Å². The summed E-state index contributed by atoms with van der Waals surface area (Å²) in [5.41, 5.74) is 0.531. The highest BCUT2D eigenvalue weighted by molar-refractivity contribution is 6.40. The van der Waals surface area contributed by atoms with Crippen molar-refractivity contribution in [2.24, 2.45) is 17.0 Å². The lowest BCUT2D eigenvalue weighted by Gasteiger charge is -2.18. The van der Waals surface area contributed by atoms with Crippen LogP contribution in [0.15, 0.2) is 5.16 Å². The number of fused-ring (bicyclic) bond motifs is 1. The predicted molar refractivity (Wildman–Crippen MR) is 70.9 cm³/mol. The van der Waals surface area contributed by atoms with E-state index in [1.54, 1.807) is 0 Å². The first kappa shape index (κ1) is 12.2. The minimum Gasteiger partial charge on any atom is -0.389 e. The lowest BCUT2D eigenvalue weighted by atomic mass is 10.00. The molecule has 4 rings (SSSR count). The second-order valence-electron chi connectivity index (χ2n) is 6.24. The van der Waals surface area contributed by atoms with Crippen LogP contribution in [-0.4, -0.2) is 59.6 Å². The topological polar surface area (TPSA) is 62.2 Å². The number of oxime groups is 1. The first-order valence-corrected chi connectivity index (χ1v) is 7.56. The monoisotopic (exact) mass is 277 g/mol. The zero-order chi connectivity index (χ0) is 13.7. The number of likely N-dealkylation sites (tertiary alicyclic amines) is 2. The Labute approximate surface area is 117 Å². The maximum Gasteiger partial charge on any atom is 0.272 e. The summed E-state index contributed by atoms with van der Waals surface area (Å²) >= 11 is 0. The van der Waals surface area contributed by atoms with Gasteiger partial charge in [-0.3, -0.25) is 9.59 Å². The van der Waals surface area contributed by atoms with Crippen LogP contribution in [0.3, 0.4) is 0 Å². The van der Waals surface area contributed by atoms with Crippen molar-refractivity contribution in [3.63, 3.8) is 0 Å². The molecule has 0 radical (unpaired) electrons. The molecule has 0 aromatic rings. The summed E-state index contributed by atoms with van der Waals surface area (Å²) in [6.07, 6.45) is 4.05. The fourth-order valence-electron chi connectivity index (χ4n) is 3.38. The number of nitrogens with zero attached hydrogens (tertiary/aromatic N) is 3. The zero-order valence-electron chi connectivity index (χ0n) is 11.5. The van der Waals surface area contributed by atoms with E-state index in [9.17, 15) is 9.59 Å². The quantitative estimate of drug-likeness (QED) is 0.726. The minimum atomic E-state index is -0.112. The Bertz CT molecular complexity index is 480. The second-order valence-corrected chi connectivity index (χ2v) is 6.24. The van der Waals surface area contributed by atoms with Gasteiger partial charge in [-0.05, 0) is 25.7 Å². The molecular weight excluding hydrogens is 258 g/mol. The second kappa shape index (κ2) is 4.46. The van der Waals surface area contributed by atoms with E-state index >= 15 is 0 Å². The summed E-state index contributed by atoms with van der Waals surface area (Å²) in [5.74, 6) is 0.445. The van der Waals surface area contributed by atoms with E-state index in [2.05, 4.69) is 5.16 Å². The van der Waals surface area contributed by atoms with Crippen molar-refractivity contribution in [2.75, 3.05) is 26.2 Å². The van der Waals surface area contributed by atoms with Gasteiger partial charge in [0, 0.05) is 25.6 Å². The lowest BCUT2D eigenvalue weighted by molar-refractivity contribution is -0.132. The summed E-state index contributed by atoms with van der Waals surface area (Å²) < 4.78 is 0. The molecule has 0 spiro atoms. The van der Waals surface area contributed by atoms with Crippen molar-refractivity contribution < 1.29 is 14.4 Å². The Morgan fingerprint density at radius 1 is 1.10 bits per heavy atom. The smallest absolute Gasteiger partial charge is 0.272 e. The van der Waals surface area contributed by atoms with Crippen molar-refractivity contribution >= 4 is 17.5 Å². The minimum absolute atomic E-state index is 0.00993. The van der Waals surface area contributed by atoms with Crippen LogP contribution in [0.2, 0.25) is 0 Å². The number of carbonyl (C=O) groups excluding carboxylic acids is 2. The Morgan fingerprint density at radius 3 is 2.55 bits per heavy atom. The molecule has 0 aromatic heterocycles. The van der Waals surface area contributed by atoms with Crippen molar-refractivity contribution in [1.82, 2.24) is 9.80 Å². The molecule has 4 aliphatic rings. The molecule has 3 aliphatic heterocycles. The maximum absolute atomic E-state index is 12.4. The summed E-state index contributed by atoms with van der Waals surface area (Å²) in [7, 11) is 0. The Morgan fingerprint density at radius 2 is 1.85 bits per heavy atom. The summed E-state index contributed by atoms with van der Waals surface area (Å²) in [6, 6.07) is 0. The van der Waals surface area contributed by atoms with Gasteiger partial charge in [0.2, 0.25) is 5.91 Å². The first-order chi connectivity index (χ1) is 9.74. The highest BCUT2D eigenvalue weighted by Gasteiger charge is 2.49. The summed E-state index contributed by atoms with van der Waals surface area (Å²) in [5, 5.41) is 4.01. The zero-order valence-corrected chi connectivity index (χ0v) is 11.5. The Balaban J connectivity index is 1.45. The van der Waals surface area contributed by atoms with Crippen LogP contribution in [-0.2, 0) is 14.4 Å². The molecule has 108 valence electrons. The third kappa shape index (κ3) is 1.89. The summed E-state index contributed by atoms with van der Waals surface area (Å²) in [4.78, 5) is 33.6. The average Bonchev–Trinajstić information content (AvgIpc) is 2.89. The number of rotatable bonds is 2. The van der Waals surface area contributed by atoms with Crippen LogP contribution in [0.5, 0.6) is 0 Å². The van der Waals surface area contributed by atoms with Crippen molar-refractivity contribution in [3.8, 4) is 0 Å². The molecule has 0 aromatic carbocycles. The van der Waals surface area contributed by atoms with E-state index < -0.39 is 0 Å². The van der Waals surface area contributed by atoms with Crippen molar-refractivity contribution in [1.29, 1.82) is 0 Å². The van der Waals surface area contributed by atoms with Crippen LogP contribution < -0.4 is 0 Å². The molecule has 20 heavy (non-hydrogen) atoms. The van der Waals surface area contributed by atoms with E-state index in [0.717, 1.165) is 38.8 Å². The number of hydrogen-bond acceptors (Lipinski definition) is 4. The molecule has 0 N–H and O–H groups in total. The largest absolute Gasteiger partial charge is 0.389 e. The fourth-order valence-corrected chi connectivity index (χ4v) is 3.38. The molecule has 3 fully saturated rings. The Hall–Kier alpha value is -1.59. The average molecular weight is 277 g/mol. The van der Waals surface area contributed by atoms with Crippen LogP contribution >= 0.6 is 0 Å². The SMILES string of the molecule is O=C(C1=NOC2CN(C(=O)C3CC3)CC12)N1CCCC1. The van der Waals surface area contributed by atoms with E-state index in [1.807, 2.05) is 9.80 Å². The van der Waals surface area contributed by atoms with Gasteiger partial charge in [0.1, 0.15) is 0 Å². The van der Waals surface area contributed by atoms with Gasteiger partial charge in [-0.25, -0.2) is 0 Å². The molecule has 1 saturated carbocycles.